The van der Waals surface area contributed by atoms with Crippen molar-refractivity contribution in [3.63, 3.8) is 0 Å². The van der Waals surface area contributed by atoms with E-state index < -0.39 is 10.0 Å². The summed E-state index contributed by atoms with van der Waals surface area (Å²) in [5, 5.41) is 7.00. The van der Waals surface area contributed by atoms with Gasteiger partial charge in [-0.15, -0.1) is 0 Å². The number of aromatic nitrogens is 2. The molecule has 0 bridgehead atoms. The van der Waals surface area contributed by atoms with E-state index in [1.807, 2.05) is 23.9 Å². The molecular weight excluding hydrogens is 418 g/mol. The Morgan fingerprint density at radius 2 is 1.77 bits per heavy atom. The summed E-state index contributed by atoms with van der Waals surface area (Å²) in [6.45, 7) is 4.41. The third-order valence-electron chi connectivity index (χ3n) is 5.24. The fourth-order valence-corrected chi connectivity index (χ4v) is 4.91. The number of carbonyl (C=O) groups is 2. The molecule has 1 aliphatic heterocycles. The van der Waals surface area contributed by atoms with Gasteiger partial charge in [-0.1, -0.05) is 25.1 Å². The minimum absolute atomic E-state index is 0.116. The number of sulfonamides is 1. The molecule has 0 aliphatic carbocycles. The first-order valence-electron chi connectivity index (χ1n) is 10.4. The number of piperazine rings is 1. The molecule has 1 aromatic heterocycles. The largest absolute Gasteiger partial charge is 0.356 e. The summed E-state index contributed by atoms with van der Waals surface area (Å²) in [4.78, 5) is 26.4. The van der Waals surface area contributed by atoms with E-state index in [0.29, 0.717) is 26.2 Å². The minimum atomic E-state index is -3.55. The molecule has 10 heteroatoms. The van der Waals surface area contributed by atoms with Crippen molar-refractivity contribution >= 4 is 21.8 Å². The lowest BCUT2D eigenvalue weighted by Gasteiger charge is -2.34. The number of rotatable bonds is 9. The third kappa shape index (κ3) is 6.38. The highest BCUT2D eigenvalue weighted by Crippen LogP contribution is 2.17. The predicted molar refractivity (Wildman–Crippen MR) is 115 cm³/mol. The minimum Gasteiger partial charge on any atom is -0.356 e. The van der Waals surface area contributed by atoms with Crippen molar-refractivity contribution < 1.29 is 18.0 Å². The molecule has 1 N–H and O–H groups in total. The molecule has 2 amide bonds. The van der Waals surface area contributed by atoms with Crippen molar-refractivity contribution in [3.05, 3.63) is 48.8 Å². The molecule has 1 aromatic carbocycles. The molecule has 0 radical (unpaired) electrons. The summed E-state index contributed by atoms with van der Waals surface area (Å²) in [6, 6.07) is 10.1. The van der Waals surface area contributed by atoms with Crippen LogP contribution in [-0.2, 0) is 26.2 Å². The monoisotopic (exact) mass is 447 g/mol. The van der Waals surface area contributed by atoms with Crippen LogP contribution in [-0.4, -0.2) is 71.9 Å². The van der Waals surface area contributed by atoms with Crippen molar-refractivity contribution in [2.75, 3.05) is 32.7 Å². The Kier molecular flexibility index (Phi) is 7.80. The molecular formula is C21H29N5O4S. The molecule has 0 saturated carbocycles. The van der Waals surface area contributed by atoms with Crippen LogP contribution in [0.15, 0.2) is 53.7 Å². The van der Waals surface area contributed by atoms with Gasteiger partial charge in [0.1, 0.15) is 0 Å². The van der Waals surface area contributed by atoms with E-state index in [1.54, 1.807) is 41.4 Å². The molecule has 1 saturated heterocycles. The second-order valence-corrected chi connectivity index (χ2v) is 9.67. The van der Waals surface area contributed by atoms with Crippen molar-refractivity contribution in [2.45, 2.75) is 31.2 Å². The van der Waals surface area contributed by atoms with Gasteiger partial charge in [-0.25, -0.2) is 8.42 Å². The molecule has 1 fully saturated rings. The van der Waals surface area contributed by atoms with Gasteiger partial charge >= 0.3 is 0 Å². The zero-order valence-corrected chi connectivity index (χ0v) is 18.5. The zero-order chi connectivity index (χ0) is 22.3. The lowest BCUT2D eigenvalue weighted by atomic mass is 10.1. The van der Waals surface area contributed by atoms with E-state index in [4.69, 9.17) is 0 Å². The van der Waals surface area contributed by atoms with Crippen LogP contribution in [0.3, 0.4) is 0 Å². The number of amides is 2. The Labute approximate surface area is 183 Å². The smallest absolute Gasteiger partial charge is 0.243 e. The van der Waals surface area contributed by atoms with E-state index in [1.165, 1.54) is 4.31 Å². The van der Waals surface area contributed by atoms with Gasteiger partial charge in [-0.05, 0) is 24.1 Å². The van der Waals surface area contributed by atoms with Crippen LogP contribution in [0.4, 0.5) is 0 Å². The molecule has 0 spiro atoms. The van der Waals surface area contributed by atoms with Gasteiger partial charge < -0.3 is 10.2 Å². The summed E-state index contributed by atoms with van der Waals surface area (Å²) >= 11 is 0. The predicted octanol–water partition coefficient (Wildman–Crippen LogP) is 0.949. The van der Waals surface area contributed by atoms with E-state index >= 15 is 0 Å². The summed E-state index contributed by atoms with van der Waals surface area (Å²) < 4.78 is 28.6. The molecule has 1 aliphatic rings. The molecule has 168 valence electrons. The van der Waals surface area contributed by atoms with Crippen LogP contribution < -0.4 is 5.32 Å². The van der Waals surface area contributed by atoms with Gasteiger partial charge in [0, 0.05) is 64.5 Å². The quantitative estimate of drug-likeness (QED) is 0.616. The van der Waals surface area contributed by atoms with E-state index in [2.05, 4.69) is 10.4 Å². The molecule has 2 heterocycles. The number of hydrogen-bond donors (Lipinski definition) is 1. The van der Waals surface area contributed by atoms with Gasteiger partial charge in [-0.2, -0.15) is 9.40 Å². The van der Waals surface area contributed by atoms with Crippen LogP contribution in [0.2, 0.25) is 0 Å². The van der Waals surface area contributed by atoms with E-state index in [0.717, 1.165) is 0 Å². The van der Waals surface area contributed by atoms with Crippen molar-refractivity contribution in [1.82, 2.24) is 24.3 Å². The van der Waals surface area contributed by atoms with Crippen molar-refractivity contribution in [3.8, 4) is 0 Å². The van der Waals surface area contributed by atoms with Gasteiger partial charge in [0.15, 0.2) is 0 Å². The molecule has 3 rings (SSSR count). The normalized spacial score (nSPS) is 16.1. The summed E-state index contributed by atoms with van der Waals surface area (Å²) in [5.74, 6) is -0.0679. The van der Waals surface area contributed by atoms with Gasteiger partial charge in [-0.3, -0.25) is 14.3 Å². The SMILES string of the molecule is CC(CNC(=O)CCC(=O)N1CCN(S(=O)(=O)c2ccccc2)CC1)Cn1cccn1. The molecule has 1 atom stereocenters. The van der Waals surface area contributed by atoms with E-state index in [9.17, 15) is 18.0 Å². The van der Waals surface area contributed by atoms with Gasteiger partial charge in [0.25, 0.3) is 0 Å². The second kappa shape index (κ2) is 10.5. The van der Waals surface area contributed by atoms with Crippen molar-refractivity contribution in [1.29, 1.82) is 0 Å². The molecule has 9 nitrogen and oxygen atoms in total. The first kappa shape index (κ1) is 23.0. The maximum absolute atomic E-state index is 12.7. The Morgan fingerprint density at radius 3 is 2.42 bits per heavy atom. The lowest BCUT2D eigenvalue weighted by molar-refractivity contribution is -0.134. The number of nitrogens with one attached hydrogen (secondary N) is 1. The standard InChI is InChI=1S/C21H29N5O4S/c1-18(17-25-11-5-10-23-25)16-22-20(27)8-9-21(28)24-12-14-26(15-13-24)31(29,30)19-6-3-2-4-7-19/h2-7,10-11,18H,8-9,12-17H2,1H3,(H,22,27). The maximum Gasteiger partial charge on any atom is 0.243 e. The highest BCUT2D eigenvalue weighted by molar-refractivity contribution is 7.89. The number of nitrogens with zero attached hydrogens (tertiary/aromatic N) is 4. The topological polar surface area (TPSA) is 105 Å². The maximum atomic E-state index is 12.7. The van der Waals surface area contributed by atoms with E-state index in [-0.39, 0.29) is 48.6 Å². The van der Waals surface area contributed by atoms with Crippen LogP contribution >= 0.6 is 0 Å². The van der Waals surface area contributed by atoms with Crippen molar-refractivity contribution in [2.24, 2.45) is 5.92 Å². The Morgan fingerprint density at radius 1 is 1.06 bits per heavy atom. The zero-order valence-electron chi connectivity index (χ0n) is 17.7. The summed E-state index contributed by atoms with van der Waals surface area (Å²) in [6.07, 6.45) is 3.83. The van der Waals surface area contributed by atoms with Crippen LogP contribution in [0, 0.1) is 5.92 Å². The average Bonchev–Trinajstić information content (AvgIpc) is 3.29. The Hall–Kier alpha value is -2.72. The molecule has 2 aromatic rings. The van der Waals surface area contributed by atoms with Gasteiger partial charge in [0.05, 0.1) is 4.90 Å². The van der Waals surface area contributed by atoms with Crippen LogP contribution in [0.1, 0.15) is 19.8 Å². The average molecular weight is 448 g/mol. The first-order chi connectivity index (χ1) is 14.9. The van der Waals surface area contributed by atoms with Gasteiger partial charge in [0.2, 0.25) is 21.8 Å². The fourth-order valence-electron chi connectivity index (χ4n) is 3.47. The third-order valence-corrected chi connectivity index (χ3v) is 7.16. The fraction of sp³-hybridized carbons (Fsp3) is 0.476. The highest BCUT2D eigenvalue weighted by atomic mass is 32.2. The number of benzene rings is 1. The molecule has 31 heavy (non-hydrogen) atoms. The van der Waals surface area contributed by atoms with Crippen LogP contribution in [0.25, 0.3) is 0 Å². The summed E-state index contributed by atoms with van der Waals surface area (Å²) in [7, 11) is -3.55. The Balaban J connectivity index is 1.37. The molecule has 1 unspecified atom stereocenters. The summed E-state index contributed by atoms with van der Waals surface area (Å²) in [5.41, 5.74) is 0. The second-order valence-electron chi connectivity index (χ2n) is 7.74. The lowest BCUT2D eigenvalue weighted by Crippen LogP contribution is -2.50. The first-order valence-corrected chi connectivity index (χ1v) is 11.9. The Bertz CT molecular complexity index is 955. The van der Waals surface area contributed by atoms with Crippen LogP contribution in [0.5, 0.6) is 0 Å². The number of hydrogen-bond acceptors (Lipinski definition) is 5. The number of carbonyl (C=O) groups excluding carboxylic acids is 2. The highest BCUT2D eigenvalue weighted by Gasteiger charge is 2.29.